The molecule has 1 heterocycles. The Bertz CT molecular complexity index is 1230. The summed E-state index contributed by atoms with van der Waals surface area (Å²) < 4.78 is 32.6. The number of aromatic nitrogens is 1. The fourth-order valence-corrected chi connectivity index (χ4v) is 5.90. The largest absolute Gasteiger partial charge is 0.495 e. The Morgan fingerprint density at radius 1 is 1.09 bits per heavy atom. The van der Waals surface area contributed by atoms with E-state index in [2.05, 4.69) is 29.4 Å². The summed E-state index contributed by atoms with van der Waals surface area (Å²) in [4.78, 5) is 18.2. The zero-order chi connectivity index (χ0) is 24.2. The zero-order valence-electron chi connectivity index (χ0n) is 19.5. The molecule has 176 valence electrons. The molecule has 0 saturated heterocycles. The zero-order valence-corrected chi connectivity index (χ0v) is 21.1. The van der Waals surface area contributed by atoms with Crippen molar-refractivity contribution in [2.45, 2.75) is 39.0 Å². The summed E-state index contributed by atoms with van der Waals surface area (Å²) in [5.41, 5.74) is 3.08. The van der Waals surface area contributed by atoms with Crippen LogP contribution in [0.3, 0.4) is 0 Å². The van der Waals surface area contributed by atoms with Crippen molar-refractivity contribution in [3.05, 3.63) is 58.6 Å². The Morgan fingerprint density at radius 2 is 1.76 bits per heavy atom. The van der Waals surface area contributed by atoms with Gasteiger partial charge in [-0.25, -0.2) is 13.4 Å². The van der Waals surface area contributed by atoms with Crippen LogP contribution in [0.25, 0.3) is 10.6 Å². The molecule has 1 amide bonds. The quantitative estimate of drug-likeness (QED) is 0.460. The van der Waals surface area contributed by atoms with Gasteiger partial charge in [-0.05, 0) is 37.1 Å². The summed E-state index contributed by atoms with van der Waals surface area (Å²) in [5.74, 6) is 0.0107. The minimum Gasteiger partial charge on any atom is -0.495 e. The average Bonchev–Trinajstić information content (AvgIpc) is 3.21. The molecule has 3 aromatic rings. The number of carbonyl (C=O) groups excluding carboxylic acids is 1. The summed E-state index contributed by atoms with van der Waals surface area (Å²) >= 11 is 1.30. The standard InChI is InChI=1S/C24H29N3O4S2/c1-6-17-9-11-18(12-10-17)24-25-16(4)22(32-24)23(28)26-20-15-19(13-14-21(20)31-5)33(29,30)27(7-2)8-3/h9-15H,6-8H2,1-5H3,(H,26,28). The van der Waals surface area contributed by atoms with Gasteiger partial charge in [0.25, 0.3) is 5.91 Å². The van der Waals surface area contributed by atoms with Crippen LogP contribution in [0.1, 0.15) is 41.7 Å². The van der Waals surface area contributed by atoms with Crippen molar-refractivity contribution in [3.8, 4) is 16.3 Å². The Morgan fingerprint density at radius 3 is 2.33 bits per heavy atom. The number of anilines is 1. The van der Waals surface area contributed by atoms with E-state index >= 15 is 0 Å². The molecule has 0 saturated carbocycles. The van der Waals surface area contributed by atoms with Gasteiger partial charge in [0.05, 0.1) is 23.4 Å². The number of rotatable bonds is 9. The Balaban J connectivity index is 1.91. The first-order chi connectivity index (χ1) is 15.7. The van der Waals surface area contributed by atoms with Crippen LogP contribution in [-0.4, -0.2) is 43.8 Å². The molecule has 0 spiro atoms. The second kappa shape index (κ2) is 10.5. The highest BCUT2D eigenvalue weighted by atomic mass is 32.2. The molecule has 0 unspecified atom stereocenters. The molecule has 0 bridgehead atoms. The number of nitrogens with zero attached hydrogens (tertiary/aromatic N) is 2. The molecule has 2 aromatic carbocycles. The van der Waals surface area contributed by atoms with E-state index in [-0.39, 0.29) is 16.5 Å². The third-order valence-electron chi connectivity index (χ3n) is 5.37. The molecule has 0 aliphatic carbocycles. The van der Waals surface area contributed by atoms with Crippen LogP contribution in [0.15, 0.2) is 47.4 Å². The molecule has 1 aromatic heterocycles. The lowest BCUT2D eigenvalue weighted by Gasteiger charge is -2.19. The molecular formula is C24H29N3O4S2. The number of aryl methyl sites for hydroxylation is 2. The maximum absolute atomic E-state index is 13.1. The van der Waals surface area contributed by atoms with Crippen LogP contribution in [0.2, 0.25) is 0 Å². The van der Waals surface area contributed by atoms with E-state index in [1.807, 2.05) is 12.1 Å². The monoisotopic (exact) mass is 487 g/mol. The second-order valence-corrected chi connectivity index (χ2v) is 10.3. The van der Waals surface area contributed by atoms with Crippen molar-refractivity contribution >= 4 is 33.0 Å². The van der Waals surface area contributed by atoms with Crippen LogP contribution in [0, 0.1) is 6.92 Å². The van der Waals surface area contributed by atoms with Gasteiger partial charge < -0.3 is 10.1 Å². The summed E-state index contributed by atoms with van der Waals surface area (Å²) in [6, 6.07) is 12.6. The highest BCUT2D eigenvalue weighted by Crippen LogP contribution is 2.32. The third-order valence-corrected chi connectivity index (χ3v) is 8.63. The number of amides is 1. The van der Waals surface area contributed by atoms with Crippen LogP contribution in [0.5, 0.6) is 5.75 Å². The van der Waals surface area contributed by atoms with Gasteiger partial charge in [0.2, 0.25) is 10.0 Å². The van der Waals surface area contributed by atoms with Gasteiger partial charge in [-0.15, -0.1) is 11.3 Å². The number of ether oxygens (including phenoxy) is 1. The van der Waals surface area contributed by atoms with E-state index in [0.29, 0.717) is 29.4 Å². The number of methoxy groups -OCH3 is 1. The summed E-state index contributed by atoms with van der Waals surface area (Å²) in [6.45, 7) is 8.17. The molecule has 33 heavy (non-hydrogen) atoms. The lowest BCUT2D eigenvalue weighted by molar-refractivity contribution is 0.102. The van der Waals surface area contributed by atoms with Crippen molar-refractivity contribution in [2.24, 2.45) is 0 Å². The van der Waals surface area contributed by atoms with E-state index in [1.165, 1.54) is 40.4 Å². The lowest BCUT2D eigenvalue weighted by atomic mass is 10.1. The molecule has 0 aliphatic rings. The molecule has 0 aliphatic heterocycles. The number of thiazole rings is 1. The van der Waals surface area contributed by atoms with Gasteiger partial charge in [-0.1, -0.05) is 45.0 Å². The first-order valence-electron chi connectivity index (χ1n) is 10.8. The van der Waals surface area contributed by atoms with Gasteiger partial charge in [-0.3, -0.25) is 4.79 Å². The van der Waals surface area contributed by atoms with Crippen LogP contribution in [0.4, 0.5) is 5.69 Å². The predicted octanol–water partition coefficient (Wildman–Crippen LogP) is 4.97. The number of hydrogen-bond acceptors (Lipinski definition) is 6. The normalized spacial score (nSPS) is 11.6. The molecular weight excluding hydrogens is 458 g/mol. The highest BCUT2D eigenvalue weighted by Gasteiger charge is 2.24. The number of nitrogens with one attached hydrogen (secondary N) is 1. The molecule has 0 atom stereocenters. The van der Waals surface area contributed by atoms with E-state index in [1.54, 1.807) is 26.8 Å². The predicted molar refractivity (Wildman–Crippen MR) is 133 cm³/mol. The summed E-state index contributed by atoms with van der Waals surface area (Å²) in [5, 5.41) is 3.57. The smallest absolute Gasteiger partial charge is 0.267 e. The summed E-state index contributed by atoms with van der Waals surface area (Å²) in [6.07, 6.45) is 0.954. The number of carbonyl (C=O) groups is 1. The van der Waals surface area contributed by atoms with Gasteiger partial charge in [-0.2, -0.15) is 4.31 Å². The van der Waals surface area contributed by atoms with E-state index in [0.717, 1.165) is 17.0 Å². The van der Waals surface area contributed by atoms with E-state index in [9.17, 15) is 13.2 Å². The van der Waals surface area contributed by atoms with Gasteiger partial charge >= 0.3 is 0 Å². The van der Waals surface area contributed by atoms with Gasteiger partial charge in [0, 0.05) is 18.7 Å². The van der Waals surface area contributed by atoms with Crippen molar-refractivity contribution in [1.29, 1.82) is 0 Å². The van der Waals surface area contributed by atoms with Crippen LogP contribution < -0.4 is 10.1 Å². The maximum Gasteiger partial charge on any atom is 0.267 e. The minimum absolute atomic E-state index is 0.0972. The third kappa shape index (κ3) is 5.26. The maximum atomic E-state index is 13.1. The molecule has 1 N–H and O–H groups in total. The van der Waals surface area contributed by atoms with Gasteiger partial charge in [0.15, 0.2) is 0 Å². The van der Waals surface area contributed by atoms with Crippen LogP contribution >= 0.6 is 11.3 Å². The van der Waals surface area contributed by atoms with Crippen molar-refractivity contribution in [1.82, 2.24) is 9.29 Å². The van der Waals surface area contributed by atoms with Gasteiger partial charge in [0.1, 0.15) is 15.6 Å². The Hall–Kier alpha value is -2.75. The fourth-order valence-electron chi connectivity index (χ4n) is 3.45. The Kier molecular flexibility index (Phi) is 7.88. The molecule has 9 heteroatoms. The van der Waals surface area contributed by atoms with E-state index < -0.39 is 10.0 Å². The number of benzene rings is 2. The topological polar surface area (TPSA) is 88.6 Å². The molecule has 0 radical (unpaired) electrons. The minimum atomic E-state index is -3.68. The molecule has 7 nitrogen and oxygen atoms in total. The number of hydrogen-bond donors (Lipinski definition) is 1. The van der Waals surface area contributed by atoms with Crippen molar-refractivity contribution in [3.63, 3.8) is 0 Å². The van der Waals surface area contributed by atoms with Crippen molar-refractivity contribution in [2.75, 3.05) is 25.5 Å². The first-order valence-corrected chi connectivity index (χ1v) is 13.1. The summed E-state index contributed by atoms with van der Waals surface area (Å²) in [7, 11) is -2.21. The fraction of sp³-hybridized carbons (Fsp3) is 0.333. The molecule has 3 rings (SSSR count). The highest BCUT2D eigenvalue weighted by molar-refractivity contribution is 7.89. The first kappa shape index (κ1) is 24.9. The van der Waals surface area contributed by atoms with Crippen molar-refractivity contribution < 1.29 is 17.9 Å². The number of sulfonamides is 1. The van der Waals surface area contributed by atoms with E-state index in [4.69, 9.17) is 4.74 Å². The molecule has 0 fully saturated rings. The Labute approximate surface area is 199 Å². The lowest BCUT2D eigenvalue weighted by Crippen LogP contribution is -2.30. The average molecular weight is 488 g/mol. The second-order valence-electron chi connectivity index (χ2n) is 7.39. The SMILES string of the molecule is CCc1ccc(-c2nc(C)c(C(=O)Nc3cc(S(=O)(=O)N(CC)CC)ccc3OC)s2)cc1. The van der Waals surface area contributed by atoms with Crippen LogP contribution in [-0.2, 0) is 16.4 Å².